The molecule has 0 aromatic heterocycles. The smallest absolute Gasteiger partial charge is 0.0564 e. The van der Waals surface area contributed by atoms with Crippen molar-refractivity contribution in [3.63, 3.8) is 0 Å². The van der Waals surface area contributed by atoms with Gasteiger partial charge in [-0.05, 0) is 111 Å². The number of fused-ring (bicyclic) bond motifs is 3. The van der Waals surface area contributed by atoms with E-state index in [1.807, 2.05) is 0 Å². The summed E-state index contributed by atoms with van der Waals surface area (Å²) in [6, 6.07) is 73.2. The molecule has 0 bridgehead atoms. The van der Waals surface area contributed by atoms with Gasteiger partial charge >= 0.3 is 0 Å². The van der Waals surface area contributed by atoms with E-state index in [0.29, 0.717) is 0 Å². The zero-order chi connectivity index (χ0) is 39.1. The van der Waals surface area contributed by atoms with Crippen molar-refractivity contribution in [1.82, 2.24) is 0 Å². The van der Waals surface area contributed by atoms with Crippen LogP contribution in [0, 0.1) is 0 Å². The van der Waals surface area contributed by atoms with Gasteiger partial charge in [0.2, 0.25) is 0 Å². The van der Waals surface area contributed by atoms with Crippen LogP contribution in [0.25, 0.3) is 33.4 Å². The Morgan fingerprint density at radius 1 is 0.368 bits per heavy atom. The normalized spacial score (nSPS) is 12.8. The summed E-state index contributed by atoms with van der Waals surface area (Å²) in [7, 11) is 0. The van der Waals surface area contributed by atoms with Crippen LogP contribution in [0.4, 0.5) is 34.1 Å². The molecule has 2 nitrogen and oxygen atoms in total. The van der Waals surface area contributed by atoms with Crippen LogP contribution in [0.1, 0.15) is 51.3 Å². The van der Waals surface area contributed by atoms with E-state index < -0.39 is 0 Å². The van der Waals surface area contributed by atoms with Crippen LogP contribution in [-0.4, -0.2) is 0 Å². The lowest BCUT2D eigenvalue weighted by atomic mass is 9.82. The largest absolute Gasteiger partial charge is 0.310 e. The fraction of sp³-hybridized carbons (Fsp3) is 0.127. The maximum Gasteiger partial charge on any atom is 0.0564 e. The van der Waals surface area contributed by atoms with Crippen LogP contribution in [0.5, 0.6) is 0 Å². The van der Waals surface area contributed by atoms with Gasteiger partial charge in [0.25, 0.3) is 0 Å². The molecule has 0 aliphatic heterocycles. The number of hydrogen-bond acceptors (Lipinski definition) is 2. The third-order valence-corrected chi connectivity index (χ3v) is 11.6. The summed E-state index contributed by atoms with van der Waals surface area (Å²) >= 11 is 0. The molecule has 9 rings (SSSR count). The molecular formula is C55H48N2. The van der Waals surface area contributed by atoms with Gasteiger partial charge in [-0.25, -0.2) is 0 Å². The van der Waals surface area contributed by atoms with Crippen molar-refractivity contribution in [3.05, 3.63) is 217 Å². The number of hydrogen-bond donors (Lipinski definition) is 0. The molecule has 0 atom stereocenters. The maximum atomic E-state index is 2.49. The predicted molar refractivity (Wildman–Crippen MR) is 243 cm³/mol. The summed E-state index contributed by atoms with van der Waals surface area (Å²) in [5.41, 5.74) is 17.7. The number of rotatable bonds is 8. The number of nitrogens with zero attached hydrogens (tertiary/aromatic N) is 2. The van der Waals surface area contributed by atoms with Gasteiger partial charge < -0.3 is 9.80 Å². The third kappa shape index (κ3) is 6.62. The zero-order valence-electron chi connectivity index (χ0n) is 33.4. The van der Waals surface area contributed by atoms with Gasteiger partial charge in [0.05, 0.1) is 11.4 Å². The van der Waals surface area contributed by atoms with Crippen molar-refractivity contribution in [2.75, 3.05) is 9.80 Å². The molecule has 8 aromatic carbocycles. The van der Waals surface area contributed by atoms with Crippen LogP contribution in [0.2, 0.25) is 0 Å². The van der Waals surface area contributed by atoms with Gasteiger partial charge in [-0.15, -0.1) is 0 Å². The maximum absolute atomic E-state index is 2.49. The molecule has 1 aliphatic rings. The molecule has 0 spiro atoms. The topological polar surface area (TPSA) is 6.48 Å². The van der Waals surface area contributed by atoms with Gasteiger partial charge in [0.15, 0.2) is 0 Å². The van der Waals surface area contributed by atoms with Crippen molar-refractivity contribution < 1.29 is 0 Å². The molecule has 1 aliphatic carbocycles. The van der Waals surface area contributed by atoms with Gasteiger partial charge in [-0.3, -0.25) is 0 Å². The fourth-order valence-electron chi connectivity index (χ4n) is 8.59. The molecular weight excluding hydrogens is 689 g/mol. The Hall–Kier alpha value is -6.64. The van der Waals surface area contributed by atoms with Crippen LogP contribution >= 0.6 is 0 Å². The van der Waals surface area contributed by atoms with Gasteiger partial charge in [-0.2, -0.15) is 0 Å². The van der Waals surface area contributed by atoms with Crippen LogP contribution in [-0.2, 0) is 10.8 Å². The molecule has 8 aromatic rings. The van der Waals surface area contributed by atoms with E-state index in [1.165, 1.54) is 38.9 Å². The summed E-state index contributed by atoms with van der Waals surface area (Å²) in [5, 5.41) is 0. The Morgan fingerprint density at radius 2 is 0.825 bits per heavy atom. The van der Waals surface area contributed by atoms with Gasteiger partial charge in [-0.1, -0.05) is 174 Å². The van der Waals surface area contributed by atoms with E-state index in [0.717, 1.165) is 45.3 Å². The summed E-state index contributed by atoms with van der Waals surface area (Å²) in [5.74, 6) is 0. The average molecular weight is 737 g/mol. The van der Waals surface area contributed by atoms with Crippen molar-refractivity contribution in [2.24, 2.45) is 0 Å². The third-order valence-electron chi connectivity index (χ3n) is 11.6. The lowest BCUT2D eigenvalue weighted by Crippen LogP contribution is -2.20. The predicted octanol–water partition coefficient (Wildman–Crippen LogP) is 15.6. The summed E-state index contributed by atoms with van der Waals surface area (Å²) in [6.07, 6.45) is 0. The van der Waals surface area contributed by atoms with Crippen molar-refractivity contribution in [2.45, 2.75) is 45.4 Å². The second kappa shape index (κ2) is 14.5. The summed E-state index contributed by atoms with van der Waals surface area (Å²) in [4.78, 5) is 4.95. The van der Waals surface area contributed by atoms with Gasteiger partial charge in [0.1, 0.15) is 0 Å². The Kier molecular flexibility index (Phi) is 9.14. The average Bonchev–Trinajstić information content (AvgIpc) is 3.47. The Balaban J connectivity index is 1.37. The number of benzene rings is 8. The molecule has 0 amide bonds. The first kappa shape index (κ1) is 36.0. The molecule has 57 heavy (non-hydrogen) atoms. The first-order valence-electron chi connectivity index (χ1n) is 20.0. The van der Waals surface area contributed by atoms with E-state index in [-0.39, 0.29) is 10.8 Å². The van der Waals surface area contributed by atoms with Crippen LogP contribution in [0.3, 0.4) is 0 Å². The molecule has 0 radical (unpaired) electrons. The SMILES string of the molecule is CC(C)(C)c1cc(N(c2ccccc2)c2cccc(-c3ccccc3)c2)c(-c2ccccc2)c(N(c2ccccc2)c2ccc3c(c2)C(C)(C)c2ccccc2-3)c1. The highest BCUT2D eigenvalue weighted by atomic mass is 15.2. The molecule has 0 heterocycles. The van der Waals surface area contributed by atoms with E-state index >= 15 is 0 Å². The van der Waals surface area contributed by atoms with E-state index in [1.54, 1.807) is 0 Å². The lowest BCUT2D eigenvalue weighted by Gasteiger charge is -2.36. The second-order valence-electron chi connectivity index (χ2n) is 16.7. The standard InChI is InChI=1S/C55H48N2/c1-54(2,3)42-36-51(56(43-26-14-8-15-27-43)45-30-20-25-41(35-45)39-21-10-6-11-22-39)53(40-23-12-7-13-24-40)52(37-42)57(44-28-16-9-17-29-44)46-33-34-48-47-31-18-19-32-49(47)55(4,5)50(48)38-46/h6-38H,1-5H3. The zero-order valence-corrected chi connectivity index (χ0v) is 33.4. The lowest BCUT2D eigenvalue weighted by molar-refractivity contribution is 0.590. The molecule has 2 heteroatoms. The minimum atomic E-state index is -0.156. The molecule has 278 valence electrons. The first-order chi connectivity index (χ1) is 27.7. The van der Waals surface area contributed by atoms with Crippen molar-refractivity contribution >= 4 is 34.1 Å². The monoisotopic (exact) mass is 736 g/mol. The van der Waals surface area contributed by atoms with E-state index in [9.17, 15) is 0 Å². The van der Waals surface area contributed by atoms with Crippen molar-refractivity contribution in [1.29, 1.82) is 0 Å². The highest BCUT2D eigenvalue weighted by Crippen LogP contribution is 2.54. The molecule has 0 saturated heterocycles. The van der Waals surface area contributed by atoms with E-state index in [4.69, 9.17) is 0 Å². The second-order valence-corrected chi connectivity index (χ2v) is 16.7. The Labute approximate surface area is 338 Å². The van der Waals surface area contributed by atoms with Crippen LogP contribution in [0.15, 0.2) is 200 Å². The number of para-hydroxylation sites is 2. The van der Waals surface area contributed by atoms with Gasteiger partial charge in [0, 0.05) is 33.7 Å². The van der Waals surface area contributed by atoms with Crippen molar-refractivity contribution in [3.8, 4) is 33.4 Å². The highest BCUT2D eigenvalue weighted by molar-refractivity contribution is 6.00. The molecule has 0 saturated carbocycles. The highest BCUT2D eigenvalue weighted by Gasteiger charge is 2.36. The number of anilines is 6. The summed E-state index contributed by atoms with van der Waals surface area (Å²) in [6.45, 7) is 11.7. The minimum Gasteiger partial charge on any atom is -0.310 e. The Morgan fingerprint density at radius 3 is 1.40 bits per heavy atom. The Bertz CT molecular complexity index is 2670. The fourth-order valence-corrected chi connectivity index (χ4v) is 8.59. The first-order valence-corrected chi connectivity index (χ1v) is 20.0. The minimum absolute atomic E-state index is 0.140. The summed E-state index contributed by atoms with van der Waals surface area (Å²) < 4.78 is 0. The molecule has 0 N–H and O–H groups in total. The molecule has 0 unspecified atom stereocenters. The van der Waals surface area contributed by atoms with Crippen LogP contribution < -0.4 is 9.80 Å². The quantitative estimate of drug-likeness (QED) is 0.153. The van der Waals surface area contributed by atoms with E-state index in [2.05, 4.69) is 245 Å². The molecule has 0 fully saturated rings.